The maximum atomic E-state index is 14.0. The van der Waals surface area contributed by atoms with Crippen molar-refractivity contribution in [1.82, 2.24) is 30.4 Å². The summed E-state index contributed by atoms with van der Waals surface area (Å²) in [6.07, 6.45) is 0. The minimum absolute atomic E-state index is 0.0160. The van der Waals surface area contributed by atoms with Gasteiger partial charge in [-0.15, -0.1) is 5.10 Å². The van der Waals surface area contributed by atoms with Crippen LogP contribution in [0.25, 0.3) is 0 Å². The number of nitrogens with zero attached hydrogens (tertiary/aromatic N) is 4. The van der Waals surface area contributed by atoms with E-state index in [1.165, 1.54) is 4.68 Å². The summed E-state index contributed by atoms with van der Waals surface area (Å²) in [5.74, 6) is -0.416. The van der Waals surface area contributed by atoms with Gasteiger partial charge in [0.1, 0.15) is 16.0 Å². The first-order valence-corrected chi connectivity index (χ1v) is 6.13. The van der Waals surface area contributed by atoms with Gasteiger partial charge in [-0.2, -0.15) is 9.49 Å². The summed E-state index contributed by atoms with van der Waals surface area (Å²) in [5, 5.41) is 17.0. The van der Waals surface area contributed by atoms with Crippen molar-refractivity contribution in [2.45, 2.75) is 39.2 Å². The zero-order valence-electron chi connectivity index (χ0n) is 10.4. The van der Waals surface area contributed by atoms with Crippen LogP contribution in [-0.4, -0.2) is 30.4 Å². The fourth-order valence-corrected chi connectivity index (χ4v) is 2.01. The molecular formula is C10H15FN6S. The molecule has 8 heteroatoms. The molecular weight excluding hydrogens is 255 g/mol. The van der Waals surface area contributed by atoms with Crippen LogP contribution < -0.4 is 0 Å². The maximum absolute atomic E-state index is 14.0. The molecule has 0 fully saturated rings. The molecule has 18 heavy (non-hydrogen) atoms. The van der Waals surface area contributed by atoms with Crippen LogP contribution in [0.1, 0.15) is 44.0 Å². The van der Waals surface area contributed by atoms with E-state index in [0.29, 0.717) is 22.6 Å². The quantitative estimate of drug-likeness (QED) is 0.834. The van der Waals surface area contributed by atoms with Gasteiger partial charge >= 0.3 is 0 Å². The maximum Gasteiger partial charge on any atom is 0.235 e. The van der Waals surface area contributed by atoms with Crippen LogP contribution in [0.3, 0.4) is 0 Å². The molecule has 0 amide bonds. The van der Waals surface area contributed by atoms with Gasteiger partial charge in [0.25, 0.3) is 0 Å². The van der Waals surface area contributed by atoms with Gasteiger partial charge in [0.05, 0.1) is 6.54 Å². The van der Waals surface area contributed by atoms with E-state index >= 15 is 0 Å². The van der Waals surface area contributed by atoms with E-state index in [4.69, 9.17) is 12.2 Å². The second kappa shape index (κ2) is 4.97. The zero-order chi connectivity index (χ0) is 13.3. The van der Waals surface area contributed by atoms with Crippen molar-refractivity contribution in [3.05, 3.63) is 22.0 Å². The Kier molecular flexibility index (Phi) is 3.55. The molecule has 0 aliphatic rings. The molecule has 0 saturated heterocycles. The minimum Gasteiger partial charge on any atom is -0.273 e. The highest BCUT2D eigenvalue weighted by Gasteiger charge is 2.19. The van der Waals surface area contributed by atoms with Gasteiger partial charge in [0.15, 0.2) is 0 Å². The normalized spacial score (nSPS) is 13.2. The van der Waals surface area contributed by atoms with Crippen molar-refractivity contribution in [3.8, 4) is 0 Å². The third kappa shape index (κ3) is 2.33. The molecule has 2 heterocycles. The summed E-state index contributed by atoms with van der Waals surface area (Å²) < 4.78 is 15.7. The van der Waals surface area contributed by atoms with Gasteiger partial charge in [0.2, 0.25) is 5.95 Å². The van der Waals surface area contributed by atoms with E-state index in [0.717, 1.165) is 0 Å². The number of hydrogen-bond acceptors (Lipinski definition) is 4. The Morgan fingerprint density at radius 3 is 2.56 bits per heavy atom. The van der Waals surface area contributed by atoms with E-state index in [-0.39, 0.29) is 17.8 Å². The lowest BCUT2D eigenvalue weighted by atomic mass is 10.1. The first-order chi connectivity index (χ1) is 8.50. The molecule has 0 aliphatic heterocycles. The van der Waals surface area contributed by atoms with Crippen molar-refractivity contribution < 1.29 is 4.39 Å². The Balaban J connectivity index is 2.20. The van der Waals surface area contributed by atoms with Crippen molar-refractivity contribution in [1.29, 1.82) is 0 Å². The molecule has 2 aromatic rings. The van der Waals surface area contributed by atoms with Crippen molar-refractivity contribution in [2.24, 2.45) is 0 Å². The Hall–Kier alpha value is -1.57. The fraction of sp³-hybridized carbons (Fsp3) is 0.600. The largest absolute Gasteiger partial charge is 0.273 e. The number of aromatic amines is 2. The predicted octanol–water partition coefficient (Wildman–Crippen LogP) is 2.12. The lowest BCUT2D eigenvalue weighted by Gasteiger charge is -2.08. The van der Waals surface area contributed by atoms with Crippen molar-refractivity contribution >= 4 is 12.2 Å². The topological polar surface area (TPSA) is 75.2 Å². The SMILES string of the molecule is CC(C)c1nnn(CC(C)c2n[nH][nH]c2=S)c1F. The molecule has 1 atom stereocenters. The molecule has 0 bridgehead atoms. The molecule has 0 spiro atoms. The summed E-state index contributed by atoms with van der Waals surface area (Å²) in [4.78, 5) is 0. The molecule has 6 nitrogen and oxygen atoms in total. The molecule has 98 valence electrons. The van der Waals surface area contributed by atoms with Crippen LogP contribution in [0.5, 0.6) is 0 Å². The summed E-state index contributed by atoms with van der Waals surface area (Å²) in [6.45, 7) is 6.03. The molecule has 0 saturated carbocycles. The lowest BCUT2D eigenvalue weighted by molar-refractivity contribution is 0.418. The standard InChI is InChI=1S/C10H15FN6S/c1-5(2)7-9(11)17(16-13-7)4-6(3)8-10(18)14-15-12-8/h5-6H,4H2,1-3H3,(H2,12,14,15,18). The third-order valence-corrected chi connectivity index (χ3v) is 3.05. The highest BCUT2D eigenvalue weighted by atomic mass is 32.1. The molecule has 2 rings (SSSR count). The minimum atomic E-state index is -0.387. The van der Waals surface area contributed by atoms with E-state index in [2.05, 4.69) is 25.7 Å². The second-order valence-electron chi connectivity index (χ2n) is 4.57. The smallest absolute Gasteiger partial charge is 0.235 e. The van der Waals surface area contributed by atoms with Gasteiger partial charge in [-0.25, -0.2) is 9.90 Å². The number of halogens is 1. The molecule has 0 radical (unpaired) electrons. The number of nitrogens with one attached hydrogen (secondary N) is 2. The van der Waals surface area contributed by atoms with E-state index in [1.54, 1.807) is 0 Å². The van der Waals surface area contributed by atoms with Crippen LogP contribution in [0.4, 0.5) is 4.39 Å². The average molecular weight is 270 g/mol. The van der Waals surface area contributed by atoms with Gasteiger partial charge in [-0.3, -0.25) is 5.10 Å². The molecule has 2 N–H and O–H groups in total. The summed E-state index contributed by atoms with van der Waals surface area (Å²) >= 11 is 5.07. The molecule has 2 aromatic heterocycles. The Labute approximate surface area is 109 Å². The molecule has 0 aliphatic carbocycles. The molecule has 1 unspecified atom stereocenters. The third-order valence-electron chi connectivity index (χ3n) is 2.74. The van der Waals surface area contributed by atoms with E-state index in [9.17, 15) is 4.39 Å². The molecule has 0 aromatic carbocycles. The highest BCUT2D eigenvalue weighted by molar-refractivity contribution is 7.71. The average Bonchev–Trinajstić information content (AvgIpc) is 2.86. The van der Waals surface area contributed by atoms with Crippen LogP contribution in [-0.2, 0) is 6.54 Å². The Morgan fingerprint density at radius 2 is 2.06 bits per heavy atom. The van der Waals surface area contributed by atoms with Gasteiger partial charge in [0, 0.05) is 11.8 Å². The second-order valence-corrected chi connectivity index (χ2v) is 4.97. The van der Waals surface area contributed by atoms with E-state index < -0.39 is 0 Å². The number of rotatable bonds is 4. The van der Waals surface area contributed by atoms with Crippen molar-refractivity contribution in [2.75, 3.05) is 0 Å². The number of hydrogen-bond donors (Lipinski definition) is 2. The first kappa shape index (κ1) is 12.9. The number of H-pyrrole nitrogens is 2. The van der Waals surface area contributed by atoms with Gasteiger partial charge in [-0.05, 0) is 0 Å². The number of aromatic nitrogens is 6. The van der Waals surface area contributed by atoms with Crippen molar-refractivity contribution in [3.63, 3.8) is 0 Å². The van der Waals surface area contributed by atoms with Gasteiger partial charge in [-0.1, -0.05) is 38.2 Å². The van der Waals surface area contributed by atoms with Crippen LogP contribution in [0.2, 0.25) is 0 Å². The predicted molar refractivity (Wildman–Crippen MR) is 66.3 cm³/mol. The van der Waals surface area contributed by atoms with Crippen LogP contribution >= 0.6 is 12.2 Å². The monoisotopic (exact) mass is 270 g/mol. The summed E-state index contributed by atoms with van der Waals surface area (Å²) in [6, 6.07) is 0. The summed E-state index contributed by atoms with van der Waals surface area (Å²) in [5.41, 5.74) is 1.08. The zero-order valence-corrected chi connectivity index (χ0v) is 11.3. The Bertz CT molecular complexity index is 583. The van der Waals surface area contributed by atoms with Gasteiger partial charge < -0.3 is 0 Å². The lowest BCUT2D eigenvalue weighted by Crippen LogP contribution is -2.11. The van der Waals surface area contributed by atoms with Crippen LogP contribution in [0.15, 0.2) is 0 Å². The fourth-order valence-electron chi connectivity index (χ4n) is 1.72. The van der Waals surface area contributed by atoms with Crippen LogP contribution in [0, 0.1) is 10.6 Å². The van der Waals surface area contributed by atoms with E-state index in [1.807, 2.05) is 20.8 Å². The Morgan fingerprint density at radius 1 is 1.33 bits per heavy atom. The summed E-state index contributed by atoms with van der Waals surface area (Å²) in [7, 11) is 0. The first-order valence-electron chi connectivity index (χ1n) is 5.72. The highest BCUT2D eigenvalue weighted by Crippen LogP contribution is 2.19.